The van der Waals surface area contributed by atoms with Crippen molar-refractivity contribution in [3.63, 3.8) is 0 Å². The lowest BCUT2D eigenvalue weighted by atomic mass is 9.96. The monoisotopic (exact) mass is 431 g/mol. The average Bonchev–Trinajstić information content (AvgIpc) is 2.77. The summed E-state index contributed by atoms with van der Waals surface area (Å²) in [5.41, 5.74) is 6.67. The Morgan fingerprint density at radius 1 is 1.10 bits per heavy atom. The molecule has 1 aromatic heterocycles. The molecule has 0 aliphatic rings. The van der Waals surface area contributed by atoms with Gasteiger partial charge in [-0.2, -0.15) is 10.5 Å². The molecule has 0 saturated carbocycles. The number of hydrogen-bond donors (Lipinski definition) is 2. The number of carboxylic acids is 1. The van der Waals surface area contributed by atoms with Gasteiger partial charge in [-0.15, -0.1) is 0 Å². The van der Waals surface area contributed by atoms with Crippen molar-refractivity contribution < 1.29 is 14.8 Å². The fraction of sp³-hybridized carbons (Fsp3) is 0.0476. The van der Waals surface area contributed by atoms with Crippen LogP contribution >= 0.6 is 11.8 Å². The number of nitrogens with zero attached hydrogens (tertiary/aromatic N) is 4. The summed E-state index contributed by atoms with van der Waals surface area (Å²) in [4.78, 5) is 26.4. The third-order valence-electron chi connectivity index (χ3n) is 4.34. The van der Waals surface area contributed by atoms with E-state index in [1.54, 1.807) is 30.3 Å². The van der Waals surface area contributed by atoms with E-state index in [0.29, 0.717) is 11.1 Å². The molecular formula is C21H13N5O4S. The van der Waals surface area contributed by atoms with Gasteiger partial charge < -0.3 is 10.8 Å². The number of non-ortho nitro benzene ring substituents is 1. The Labute approximate surface area is 180 Å². The number of nitrogens with two attached hydrogens (primary N) is 1. The number of rotatable bonds is 6. The normalized spacial score (nSPS) is 11.2. The number of carbonyl (C=O) groups is 1. The number of aliphatic carboxylic acids is 1. The highest BCUT2D eigenvalue weighted by atomic mass is 32.2. The molecule has 0 saturated heterocycles. The molecule has 0 amide bonds. The van der Waals surface area contributed by atoms with Crippen LogP contribution in [-0.2, 0) is 4.79 Å². The standard InChI is InChI=1S/C21H13N5O4S/c22-10-15-17(12-6-8-14(9-7-12)26(29)30)16(11-23)20(25-19(15)24)31-18(21(27)28)13-4-2-1-3-5-13/h1-9,18H,(H2,24,25)(H,27,28). The van der Waals surface area contributed by atoms with E-state index in [9.17, 15) is 30.5 Å². The Kier molecular flexibility index (Phi) is 6.15. The minimum Gasteiger partial charge on any atom is -0.480 e. The first-order valence-electron chi connectivity index (χ1n) is 8.70. The Balaban J connectivity index is 2.19. The van der Waals surface area contributed by atoms with Crippen molar-refractivity contribution >= 4 is 29.2 Å². The van der Waals surface area contributed by atoms with E-state index < -0.39 is 16.1 Å². The van der Waals surface area contributed by atoms with E-state index >= 15 is 0 Å². The number of carboxylic acid groups (broad SMARTS) is 1. The average molecular weight is 431 g/mol. The molecule has 3 aromatic rings. The molecule has 1 atom stereocenters. The van der Waals surface area contributed by atoms with Gasteiger partial charge in [-0.3, -0.25) is 14.9 Å². The molecule has 2 aromatic carbocycles. The van der Waals surface area contributed by atoms with Gasteiger partial charge in [0.2, 0.25) is 0 Å². The Morgan fingerprint density at radius 3 is 2.23 bits per heavy atom. The van der Waals surface area contributed by atoms with Crippen LogP contribution in [0, 0.1) is 32.8 Å². The van der Waals surface area contributed by atoms with Gasteiger partial charge >= 0.3 is 5.97 Å². The maximum Gasteiger partial charge on any atom is 0.321 e. The molecule has 152 valence electrons. The summed E-state index contributed by atoms with van der Waals surface area (Å²) in [6, 6.07) is 17.6. The summed E-state index contributed by atoms with van der Waals surface area (Å²) in [6.45, 7) is 0. The van der Waals surface area contributed by atoms with Crippen molar-refractivity contribution in [2.75, 3.05) is 5.73 Å². The lowest BCUT2D eigenvalue weighted by molar-refractivity contribution is -0.384. The van der Waals surface area contributed by atoms with Crippen molar-refractivity contribution in [2.24, 2.45) is 0 Å². The number of nitriles is 2. The van der Waals surface area contributed by atoms with Crippen LogP contribution in [0.15, 0.2) is 59.6 Å². The van der Waals surface area contributed by atoms with Crippen LogP contribution in [-0.4, -0.2) is 21.0 Å². The first-order valence-corrected chi connectivity index (χ1v) is 9.58. The van der Waals surface area contributed by atoms with Crippen molar-refractivity contribution in [3.05, 3.63) is 81.4 Å². The van der Waals surface area contributed by atoms with Gasteiger partial charge in [0.05, 0.1) is 10.5 Å². The minimum atomic E-state index is -1.14. The molecule has 0 fully saturated rings. The fourth-order valence-corrected chi connectivity index (χ4v) is 3.96. The number of benzene rings is 2. The number of aromatic nitrogens is 1. The molecule has 10 heteroatoms. The second-order valence-corrected chi connectivity index (χ2v) is 7.30. The summed E-state index contributed by atoms with van der Waals surface area (Å²) in [7, 11) is 0. The highest BCUT2D eigenvalue weighted by Crippen LogP contribution is 2.41. The van der Waals surface area contributed by atoms with Gasteiger partial charge in [0.15, 0.2) is 0 Å². The number of nitro benzene ring substituents is 1. The SMILES string of the molecule is N#Cc1c(N)nc(SC(C(=O)O)c2ccccc2)c(C#N)c1-c1ccc([N+](=O)[O-])cc1. The Hall–Kier alpha value is -4.41. The summed E-state index contributed by atoms with van der Waals surface area (Å²) in [5.74, 6) is -1.31. The zero-order chi connectivity index (χ0) is 22.5. The highest BCUT2D eigenvalue weighted by molar-refractivity contribution is 8.00. The summed E-state index contributed by atoms with van der Waals surface area (Å²) in [6.07, 6.45) is 0. The van der Waals surface area contributed by atoms with Crippen molar-refractivity contribution in [1.29, 1.82) is 10.5 Å². The quantitative estimate of drug-likeness (QED) is 0.334. The number of hydrogen-bond acceptors (Lipinski definition) is 8. The molecule has 0 radical (unpaired) electrons. The van der Waals surface area contributed by atoms with Gasteiger partial charge in [-0.1, -0.05) is 42.1 Å². The lowest BCUT2D eigenvalue weighted by Crippen LogP contribution is -2.10. The Bertz CT molecular complexity index is 1250. The van der Waals surface area contributed by atoms with Crippen LogP contribution in [0.5, 0.6) is 0 Å². The minimum absolute atomic E-state index is 0.0354. The maximum atomic E-state index is 11.9. The zero-order valence-electron chi connectivity index (χ0n) is 15.7. The van der Waals surface area contributed by atoms with Crippen LogP contribution in [0.2, 0.25) is 0 Å². The molecular weight excluding hydrogens is 418 g/mol. The predicted molar refractivity (Wildman–Crippen MR) is 113 cm³/mol. The second kappa shape index (κ2) is 8.95. The number of pyridine rings is 1. The first-order chi connectivity index (χ1) is 14.9. The van der Waals surface area contributed by atoms with E-state index in [1.807, 2.05) is 12.1 Å². The lowest BCUT2D eigenvalue weighted by Gasteiger charge is -2.16. The van der Waals surface area contributed by atoms with Gasteiger partial charge in [0.1, 0.15) is 33.8 Å². The number of anilines is 1. The van der Waals surface area contributed by atoms with Crippen molar-refractivity contribution in [2.45, 2.75) is 10.3 Å². The van der Waals surface area contributed by atoms with E-state index in [4.69, 9.17) is 5.73 Å². The van der Waals surface area contributed by atoms with Crippen LogP contribution in [0.4, 0.5) is 11.5 Å². The summed E-state index contributed by atoms with van der Waals surface area (Å²) >= 11 is 0.821. The highest BCUT2D eigenvalue weighted by Gasteiger charge is 2.27. The molecule has 0 aliphatic heterocycles. The number of thioether (sulfide) groups is 1. The third kappa shape index (κ3) is 4.29. The fourth-order valence-electron chi connectivity index (χ4n) is 2.92. The van der Waals surface area contributed by atoms with Gasteiger partial charge in [-0.25, -0.2) is 4.98 Å². The first kappa shape index (κ1) is 21.3. The second-order valence-electron chi connectivity index (χ2n) is 6.20. The zero-order valence-corrected chi connectivity index (χ0v) is 16.5. The van der Waals surface area contributed by atoms with Crippen molar-refractivity contribution in [3.8, 4) is 23.3 Å². The number of nitro groups is 1. The van der Waals surface area contributed by atoms with Crippen molar-refractivity contribution in [1.82, 2.24) is 4.98 Å². The molecule has 0 bridgehead atoms. The molecule has 3 rings (SSSR count). The molecule has 0 spiro atoms. The smallest absolute Gasteiger partial charge is 0.321 e. The van der Waals surface area contributed by atoms with Gasteiger partial charge in [0.25, 0.3) is 5.69 Å². The third-order valence-corrected chi connectivity index (χ3v) is 5.57. The number of nitrogen functional groups attached to an aromatic ring is 1. The Morgan fingerprint density at radius 2 is 1.71 bits per heavy atom. The van der Waals surface area contributed by atoms with E-state index in [0.717, 1.165) is 11.8 Å². The molecule has 3 N–H and O–H groups in total. The molecule has 31 heavy (non-hydrogen) atoms. The largest absolute Gasteiger partial charge is 0.480 e. The van der Waals surface area contributed by atoms with Gasteiger partial charge in [0, 0.05) is 17.7 Å². The summed E-state index contributed by atoms with van der Waals surface area (Å²) < 4.78 is 0. The topological polar surface area (TPSA) is 167 Å². The molecule has 0 aliphatic carbocycles. The van der Waals surface area contributed by atoms with Gasteiger partial charge in [-0.05, 0) is 23.3 Å². The maximum absolute atomic E-state index is 11.9. The summed E-state index contributed by atoms with van der Waals surface area (Å²) in [5, 5.41) is 39.0. The van der Waals surface area contributed by atoms with E-state index in [1.165, 1.54) is 24.3 Å². The molecule has 1 unspecified atom stereocenters. The van der Waals surface area contributed by atoms with E-state index in [2.05, 4.69) is 4.98 Å². The predicted octanol–water partition coefficient (Wildman–Crippen LogP) is 3.90. The van der Waals surface area contributed by atoms with Crippen LogP contribution in [0.3, 0.4) is 0 Å². The van der Waals surface area contributed by atoms with E-state index in [-0.39, 0.29) is 33.2 Å². The van der Waals surface area contributed by atoms with Crippen LogP contribution in [0.25, 0.3) is 11.1 Å². The molecule has 1 heterocycles. The van der Waals surface area contributed by atoms with Crippen LogP contribution < -0.4 is 5.73 Å². The van der Waals surface area contributed by atoms with Crippen LogP contribution in [0.1, 0.15) is 21.9 Å². The molecule has 9 nitrogen and oxygen atoms in total.